The number of Topliss-reactive ketones (excluding diaryl/α,β-unsaturated/α-hetero) is 1. The molecule has 0 bridgehead atoms. The first kappa shape index (κ1) is 19.2. The van der Waals surface area contributed by atoms with Gasteiger partial charge in [0.1, 0.15) is 12.4 Å². The second kappa shape index (κ2) is 8.80. The average Bonchev–Trinajstić information content (AvgIpc) is 2.66. The number of benzene rings is 2. The zero-order valence-electron chi connectivity index (χ0n) is 14.9. The van der Waals surface area contributed by atoms with Gasteiger partial charge in [-0.25, -0.2) is 9.59 Å². The van der Waals surface area contributed by atoms with E-state index in [1.807, 2.05) is 0 Å². The van der Waals surface area contributed by atoms with Crippen LogP contribution in [0.3, 0.4) is 0 Å². The Balaban J connectivity index is 1.91. The summed E-state index contributed by atoms with van der Waals surface area (Å²) in [6.45, 7) is 3.07. The monoisotopic (exact) mass is 356 g/mol. The molecule has 26 heavy (non-hydrogen) atoms. The Hall–Kier alpha value is -3.15. The van der Waals surface area contributed by atoms with Gasteiger partial charge in [0.2, 0.25) is 0 Å². The Labute approximate surface area is 151 Å². The van der Waals surface area contributed by atoms with Crippen molar-refractivity contribution in [1.82, 2.24) is 0 Å². The molecular weight excluding hydrogens is 336 g/mol. The van der Waals surface area contributed by atoms with E-state index in [-0.39, 0.29) is 12.4 Å². The lowest BCUT2D eigenvalue weighted by molar-refractivity contribution is -0.152. The summed E-state index contributed by atoms with van der Waals surface area (Å²) in [6.07, 6.45) is -0.818. The molecule has 0 unspecified atom stereocenters. The van der Waals surface area contributed by atoms with Crippen LogP contribution in [-0.2, 0) is 20.9 Å². The van der Waals surface area contributed by atoms with Gasteiger partial charge in [-0.2, -0.15) is 0 Å². The van der Waals surface area contributed by atoms with E-state index in [0.29, 0.717) is 22.4 Å². The maximum absolute atomic E-state index is 12.1. The first-order valence-corrected chi connectivity index (χ1v) is 8.02. The van der Waals surface area contributed by atoms with E-state index in [2.05, 4.69) is 4.74 Å². The summed E-state index contributed by atoms with van der Waals surface area (Å²) in [6, 6.07) is 13.2. The normalized spacial score (nSPS) is 11.3. The third kappa shape index (κ3) is 5.17. The quantitative estimate of drug-likeness (QED) is 0.560. The minimum atomic E-state index is -0.818. The largest absolute Gasteiger partial charge is 0.479 e. The molecule has 6 nitrogen and oxygen atoms in total. The molecule has 0 aliphatic carbocycles. The molecule has 0 amide bonds. The first-order valence-electron chi connectivity index (χ1n) is 8.02. The fourth-order valence-corrected chi connectivity index (χ4v) is 2.20. The first-order chi connectivity index (χ1) is 12.4. The van der Waals surface area contributed by atoms with Crippen LogP contribution in [0.4, 0.5) is 0 Å². The van der Waals surface area contributed by atoms with Crippen molar-refractivity contribution < 1.29 is 28.6 Å². The number of methoxy groups -OCH3 is 1. The van der Waals surface area contributed by atoms with Crippen molar-refractivity contribution in [3.63, 3.8) is 0 Å². The van der Waals surface area contributed by atoms with Gasteiger partial charge in [-0.05, 0) is 55.8 Å². The van der Waals surface area contributed by atoms with Gasteiger partial charge in [0.25, 0.3) is 0 Å². The highest BCUT2D eigenvalue weighted by Gasteiger charge is 2.17. The van der Waals surface area contributed by atoms with E-state index in [1.165, 1.54) is 14.0 Å². The van der Waals surface area contributed by atoms with Gasteiger partial charge < -0.3 is 14.2 Å². The number of carbonyl (C=O) groups is 3. The molecule has 6 heteroatoms. The molecule has 1 atom stereocenters. The van der Waals surface area contributed by atoms with E-state index in [0.717, 1.165) is 0 Å². The highest BCUT2D eigenvalue weighted by Crippen LogP contribution is 2.15. The number of hydrogen-bond donors (Lipinski definition) is 0. The summed E-state index contributed by atoms with van der Waals surface area (Å²) in [5.74, 6) is -0.571. The van der Waals surface area contributed by atoms with Crippen molar-refractivity contribution in [2.45, 2.75) is 26.6 Å². The third-order valence-corrected chi connectivity index (χ3v) is 3.63. The standard InChI is InChI=1S/C20H20O6/c1-13(21)16-7-9-18(10-8-16)26-14(2)19(22)25-12-15-5-4-6-17(11-15)20(23)24-3/h4-11,14H,12H2,1-3H3/t14-/m1/s1. The average molecular weight is 356 g/mol. The van der Waals surface area contributed by atoms with Crippen LogP contribution in [0, 0.1) is 0 Å². The maximum Gasteiger partial charge on any atom is 0.347 e. The van der Waals surface area contributed by atoms with Crippen LogP contribution < -0.4 is 4.74 Å². The SMILES string of the molecule is COC(=O)c1cccc(COC(=O)[C@@H](C)Oc2ccc(C(C)=O)cc2)c1. The highest BCUT2D eigenvalue weighted by atomic mass is 16.6. The predicted octanol–water partition coefficient (Wildman–Crippen LogP) is 3.19. The Bertz CT molecular complexity index is 794. The molecule has 0 N–H and O–H groups in total. The minimum absolute atomic E-state index is 0.0145. The molecule has 0 spiro atoms. The lowest BCUT2D eigenvalue weighted by Gasteiger charge is -2.14. The zero-order valence-corrected chi connectivity index (χ0v) is 14.9. The number of ketones is 1. The van der Waals surface area contributed by atoms with Crippen molar-refractivity contribution in [1.29, 1.82) is 0 Å². The van der Waals surface area contributed by atoms with Crippen molar-refractivity contribution in [2.24, 2.45) is 0 Å². The molecule has 2 aromatic rings. The van der Waals surface area contributed by atoms with Crippen molar-refractivity contribution in [2.75, 3.05) is 7.11 Å². The van der Waals surface area contributed by atoms with E-state index in [9.17, 15) is 14.4 Å². The van der Waals surface area contributed by atoms with Gasteiger partial charge in [-0.1, -0.05) is 12.1 Å². The summed E-state index contributed by atoms with van der Waals surface area (Å²) in [5.41, 5.74) is 1.62. The van der Waals surface area contributed by atoms with Gasteiger partial charge in [0, 0.05) is 5.56 Å². The van der Waals surface area contributed by atoms with Crippen LogP contribution in [0.2, 0.25) is 0 Å². The second-order valence-electron chi connectivity index (χ2n) is 5.64. The molecule has 0 radical (unpaired) electrons. The van der Waals surface area contributed by atoms with Crippen LogP contribution in [0.1, 0.15) is 40.1 Å². The molecule has 2 rings (SSSR count). The summed E-state index contributed by atoms with van der Waals surface area (Å²) >= 11 is 0. The Morgan fingerprint density at radius 3 is 2.31 bits per heavy atom. The van der Waals surface area contributed by atoms with Gasteiger partial charge in [-0.3, -0.25) is 4.79 Å². The number of ether oxygens (including phenoxy) is 3. The molecule has 0 aromatic heterocycles. The minimum Gasteiger partial charge on any atom is -0.479 e. The smallest absolute Gasteiger partial charge is 0.347 e. The van der Waals surface area contributed by atoms with E-state index < -0.39 is 18.0 Å². The van der Waals surface area contributed by atoms with Crippen LogP contribution >= 0.6 is 0 Å². The van der Waals surface area contributed by atoms with Crippen molar-refractivity contribution >= 4 is 17.7 Å². The fraction of sp³-hybridized carbons (Fsp3) is 0.250. The Kier molecular flexibility index (Phi) is 6.49. The van der Waals surface area contributed by atoms with Gasteiger partial charge in [-0.15, -0.1) is 0 Å². The highest BCUT2D eigenvalue weighted by molar-refractivity contribution is 5.94. The maximum atomic E-state index is 12.1. The topological polar surface area (TPSA) is 78.9 Å². The van der Waals surface area contributed by atoms with Crippen LogP contribution in [0.5, 0.6) is 5.75 Å². The summed E-state index contributed by atoms with van der Waals surface area (Å²) < 4.78 is 15.4. The fourth-order valence-electron chi connectivity index (χ4n) is 2.20. The molecule has 0 saturated heterocycles. The number of rotatable bonds is 7. The van der Waals surface area contributed by atoms with Crippen LogP contribution in [-0.4, -0.2) is 30.9 Å². The molecule has 0 fully saturated rings. The summed E-state index contributed by atoms with van der Waals surface area (Å²) in [5, 5.41) is 0. The molecule has 0 heterocycles. The van der Waals surface area contributed by atoms with Gasteiger partial charge in [0.05, 0.1) is 12.7 Å². The third-order valence-electron chi connectivity index (χ3n) is 3.63. The predicted molar refractivity (Wildman–Crippen MR) is 94.1 cm³/mol. The van der Waals surface area contributed by atoms with Crippen molar-refractivity contribution in [3.05, 3.63) is 65.2 Å². The molecule has 0 saturated carbocycles. The van der Waals surface area contributed by atoms with Crippen LogP contribution in [0.15, 0.2) is 48.5 Å². The lowest BCUT2D eigenvalue weighted by Crippen LogP contribution is -2.26. The summed E-state index contributed by atoms with van der Waals surface area (Å²) in [4.78, 5) is 34.8. The van der Waals surface area contributed by atoms with E-state index in [4.69, 9.17) is 9.47 Å². The Morgan fingerprint density at radius 1 is 1.00 bits per heavy atom. The number of esters is 2. The van der Waals surface area contributed by atoms with Crippen LogP contribution in [0.25, 0.3) is 0 Å². The second-order valence-corrected chi connectivity index (χ2v) is 5.64. The number of hydrogen-bond acceptors (Lipinski definition) is 6. The van der Waals surface area contributed by atoms with Gasteiger partial charge in [0.15, 0.2) is 11.9 Å². The summed E-state index contributed by atoms with van der Waals surface area (Å²) in [7, 11) is 1.30. The van der Waals surface area contributed by atoms with E-state index >= 15 is 0 Å². The zero-order chi connectivity index (χ0) is 19.1. The van der Waals surface area contributed by atoms with E-state index in [1.54, 1.807) is 55.5 Å². The van der Waals surface area contributed by atoms with Gasteiger partial charge >= 0.3 is 11.9 Å². The lowest BCUT2D eigenvalue weighted by atomic mass is 10.1. The molecule has 0 aliphatic rings. The number of carbonyl (C=O) groups excluding carboxylic acids is 3. The molecular formula is C20H20O6. The molecule has 0 aliphatic heterocycles. The van der Waals surface area contributed by atoms with Crippen molar-refractivity contribution in [3.8, 4) is 5.75 Å². The molecule has 2 aromatic carbocycles. The molecule has 136 valence electrons. The Morgan fingerprint density at radius 2 is 1.69 bits per heavy atom.